The van der Waals surface area contributed by atoms with Gasteiger partial charge in [0, 0.05) is 19.0 Å². The highest BCUT2D eigenvalue weighted by molar-refractivity contribution is 6.33. The van der Waals surface area contributed by atoms with E-state index in [1.807, 2.05) is 0 Å². The number of alkyl halides is 3. The third-order valence-electron chi connectivity index (χ3n) is 4.75. The van der Waals surface area contributed by atoms with Crippen LogP contribution in [0.4, 0.5) is 18.9 Å². The predicted molar refractivity (Wildman–Crippen MR) is 100 cm³/mol. The Morgan fingerprint density at radius 3 is 2.25 bits per heavy atom. The smallest absolute Gasteiger partial charge is 0.339 e. The van der Waals surface area contributed by atoms with Crippen LogP contribution < -0.4 is 5.32 Å². The van der Waals surface area contributed by atoms with Gasteiger partial charge in [0.15, 0.2) is 0 Å². The Kier molecular flexibility index (Phi) is 5.93. The van der Waals surface area contributed by atoms with Crippen molar-refractivity contribution in [2.24, 2.45) is 5.92 Å². The monoisotopic (exact) mass is 410 g/mol. The first kappa shape index (κ1) is 20.2. The lowest BCUT2D eigenvalue weighted by Crippen LogP contribution is -2.41. The lowest BCUT2D eigenvalue weighted by atomic mass is 9.95. The van der Waals surface area contributed by atoms with Gasteiger partial charge in [-0.1, -0.05) is 35.9 Å². The van der Waals surface area contributed by atoms with Crippen molar-refractivity contribution in [1.82, 2.24) is 4.90 Å². The number of nitrogens with one attached hydrogen (secondary N) is 1. The van der Waals surface area contributed by atoms with Crippen molar-refractivity contribution < 1.29 is 22.8 Å². The lowest BCUT2D eigenvalue weighted by Gasteiger charge is -2.31. The maximum atomic E-state index is 13.1. The molecule has 28 heavy (non-hydrogen) atoms. The molecule has 1 aliphatic heterocycles. The molecule has 0 saturated carbocycles. The number of hydrogen-bond donors (Lipinski definition) is 1. The Morgan fingerprint density at radius 1 is 1.00 bits per heavy atom. The van der Waals surface area contributed by atoms with Crippen molar-refractivity contribution in [2.45, 2.75) is 19.0 Å². The summed E-state index contributed by atoms with van der Waals surface area (Å²) in [7, 11) is 0. The first-order valence-electron chi connectivity index (χ1n) is 8.78. The molecule has 2 aromatic rings. The third kappa shape index (κ3) is 4.47. The number of carbonyl (C=O) groups is 2. The fourth-order valence-corrected chi connectivity index (χ4v) is 3.44. The molecule has 1 N–H and O–H groups in total. The van der Waals surface area contributed by atoms with Gasteiger partial charge in [0.25, 0.3) is 5.91 Å². The fraction of sp³-hybridized carbons (Fsp3) is 0.300. The van der Waals surface area contributed by atoms with E-state index in [-0.39, 0.29) is 11.6 Å². The molecule has 0 aliphatic carbocycles. The fourth-order valence-electron chi connectivity index (χ4n) is 3.22. The first-order chi connectivity index (χ1) is 13.3. The van der Waals surface area contributed by atoms with Crippen LogP contribution >= 0.6 is 11.6 Å². The number of anilines is 1. The minimum atomic E-state index is -4.55. The minimum absolute atomic E-state index is 0.216. The summed E-state index contributed by atoms with van der Waals surface area (Å²) in [5.74, 6) is -1.15. The third-order valence-corrected chi connectivity index (χ3v) is 5.08. The number of halogens is 4. The summed E-state index contributed by atoms with van der Waals surface area (Å²) in [5.41, 5.74) is -0.740. The number of amides is 2. The van der Waals surface area contributed by atoms with Gasteiger partial charge in [-0.05, 0) is 37.1 Å². The van der Waals surface area contributed by atoms with Crippen LogP contribution in [-0.4, -0.2) is 29.8 Å². The molecule has 1 saturated heterocycles. The number of para-hydroxylation sites is 1. The summed E-state index contributed by atoms with van der Waals surface area (Å²) in [6, 6.07) is 11.6. The quantitative estimate of drug-likeness (QED) is 0.786. The van der Waals surface area contributed by atoms with Crippen LogP contribution in [-0.2, 0) is 11.0 Å². The maximum Gasteiger partial charge on any atom is 0.418 e. The Labute approximate surface area is 165 Å². The number of likely N-dealkylation sites (tertiary alicyclic amines) is 1. The van der Waals surface area contributed by atoms with E-state index in [1.54, 1.807) is 29.2 Å². The Balaban J connectivity index is 1.62. The van der Waals surface area contributed by atoms with Gasteiger partial charge in [-0.3, -0.25) is 9.59 Å². The van der Waals surface area contributed by atoms with Gasteiger partial charge in [-0.2, -0.15) is 13.2 Å². The molecule has 0 spiro atoms. The average molecular weight is 411 g/mol. The predicted octanol–water partition coefficient (Wildman–Crippen LogP) is 4.85. The van der Waals surface area contributed by atoms with Crippen molar-refractivity contribution in [3.63, 3.8) is 0 Å². The van der Waals surface area contributed by atoms with E-state index in [0.717, 1.165) is 6.07 Å². The van der Waals surface area contributed by atoms with Gasteiger partial charge in [0.1, 0.15) is 0 Å². The minimum Gasteiger partial charge on any atom is -0.339 e. The molecule has 1 heterocycles. The zero-order valence-corrected chi connectivity index (χ0v) is 15.6. The van der Waals surface area contributed by atoms with Crippen molar-refractivity contribution in [1.29, 1.82) is 0 Å². The van der Waals surface area contributed by atoms with Gasteiger partial charge in [0.05, 0.1) is 21.8 Å². The molecule has 3 rings (SSSR count). The van der Waals surface area contributed by atoms with Crippen LogP contribution in [0.25, 0.3) is 0 Å². The zero-order chi connectivity index (χ0) is 20.3. The molecule has 8 heteroatoms. The largest absolute Gasteiger partial charge is 0.418 e. The van der Waals surface area contributed by atoms with E-state index in [0.29, 0.717) is 36.5 Å². The second-order valence-corrected chi connectivity index (χ2v) is 6.99. The Bertz CT molecular complexity index is 878. The second kappa shape index (κ2) is 8.22. The summed E-state index contributed by atoms with van der Waals surface area (Å²) in [5, 5.41) is 2.75. The summed E-state index contributed by atoms with van der Waals surface area (Å²) >= 11 is 6.06. The average Bonchev–Trinajstić information content (AvgIpc) is 2.67. The van der Waals surface area contributed by atoms with Crippen molar-refractivity contribution in [3.05, 3.63) is 64.7 Å². The normalized spacial score (nSPS) is 15.4. The van der Waals surface area contributed by atoms with Crippen LogP contribution in [0.2, 0.25) is 5.02 Å². The van der Waals surface area contributed by atoms with E-state index in [9.17, 15) is 22.8 Å². The molecule has 2 amide bonds. The molecule has 0 radical (unpaired) electrons. The van der Waals surface area contributed by atoms with E-state index in [4.69, 9.17) is 11.6 Å². The van der Waals surface area contributed by atoms with Gasteiger partial charge < -0.3 is 10.2 Å². The molecule has 1 fully saturated rings. The summed E-state index contributed by atoms with van der Waals surface area (Å²) in [4.78, 5) is 26.6. The molecule has 0 unspecified atom stereocenters. The lowest BCUT2D eigenvalue weighted by molar-refractivity contribution is -0.137. The van der Waals surface area contributed by atoms with Crippen molar-refractivity contribution >= 4 is 29.1 Å². The van der Waals surface area contributed by atoms with Crippen molar-refractivity contribution in [2.75, 3.05) is 18.4 Å². The second-order valence-electron chi connectivity index (χ2n) is 6.58. The van der Waals surface area contributed by atoms with E-state index < -0.39 is 23.6 Å². The topological polar surface area (TPSA) is 49.4 Å². The molecule has 4 nitrogen and oxygen atoms in total. The zero-order valence-electron chi connectivity index (χ0n) is 14.8. The number of rotatable bonds is 3. The summed E-state index contributed by atoms with van der Waals surface area (Å²) < 4.78 is 39.2. The number of carbonyl (C=O) groups excluding carboxylic acids is 2. The first-order valence-corrected chi connectivity index (χ1v) is 9.16. The highest BCUT2D eigenvalue weighted by atomic mass is 35.5. The van der Waals surface area contributed by atoms with E-state index in [2.05, 4.69) is 5.32 Å². The maximum absolute atomic E-state index is 13.1. The molecule has 0 aromatic heterocycles. The Hall–Kier alpha value is -2.54. The van der Waals surface area contributed by atoms with Crippen LogP contribution in [0.5, 0.6) is 0 Å². The number of benzene rings is 2. The number of piperidine rings is 1. The SMILES string of the molecule is O=C(Nc1ccccc1C(F)(F)F)C1CCN(C(=O)c2ccccc2Cl)CC1. The molecule has 1 aliphatic rings. The van der Waals surface area contributed by atoms with E-state index in [1.165, 1.54) is 18.2 Å². The molecular weight excluding hydrogens is 393 g/mol. The number of nitrogens with zero attached hydrogens (tertiary/aromatic N) is 1. The highest BCUT2D eigenvalue weighted by Gasteiger charge is 2.35. The summed E-state index contributed by atoms with van der Waals surface area (Å²) in [6.45, 7) is 0.673. The van der Waals surface area contributed by atoms with Crippen LogP contribution in [0, 0.1) is 5.92 Å². The van der Waals surface area contributed by atoms with Gasteiger partial charge in [-0.15, -0.1) is 0 Å². The molecular formula is C20H18ClF3N2O2. The molecule has 2 aromatic carbocycles. The summed E-state index contributed by atoms with van der Waals surface area (Å²) in [6.07, 6.45) is -3.80. The van der Waals surface area contributed by atoms with Gasteiger partial charge in [0.2, 0.25) is 5.91 Å². The van der Waals surface area contributed by atoms with Crippen LogP contribution in [0.3, 0.4) is 0 Å². The van der Waals surface area contributed by atoms with Gasteiger partial charge >= 0.3 is 6.18 Å². The molecule has 0 bridgehead atoms. The van der Waals surface area contributed by atoms with Gasteiger partial charge in [-0.25, -0.2) is 0 Å². The van der Waals surface area contributed by atoms with E-state index >= 15 is 0 Å². The molecule has 148 valence electrons. The number of hydrogen-bond acceptors (Lipinski definition) is 2. The van der Waals surface area contributed by atoms with Crippen LogP contribution in [0.15, 0.2) is 48.5 Å². The Morgan fingerprint density at radius 2 is 1.61 bits per heavy atom. The standard InChI is InChI=1S/C20H18ClF3N2O2/c21-16-7-3-1-5-14(16)19(28)26-11-9-13(10-12-26)18(27)25-17-8-4-2-6-15(17)20(22,23)24/h1-8,13H,9-12H2,(H,25,27). The van der Waals surface area contributed by atoms with Crippen molar-refractivity contribution in [3.8, 4) is 0 Å². The van der Waals surface area contributed by atoms with Crippen LogP contribution in [0.1, 0.15) is 28.8 Å². The molecule has 0 atom stereocenters. The highest BCUT2D eigenvalue weighted by Crippen LogP contribution is 2.35.